The van der Waals surface area contributed by atoms with Gasteiger partial charge in [0.1, 0.15) is 6.10 Å². The van der Waals surface area contributed by atoms with Gasteiger partial charge in [0, 0.05) is 24.4 Å². The van der Waals surface area contributed by atoms with Gasteiger partial charge in [-0.15, -0.1) is 0 Å². The fraction of sp³-hybridized carbons (Fsp3) is 0.533. The summed E-state index contributed by atoms with van der Waals surface area (Å²) in [7, 11) is 1.56. The molecule has 1 aromatic rings. The van der Waals surface area contributed by atoms with Crippen LogP contribution in [-0.2, 0) is 9.53 Å². The Balaban J connectivity index is 2.14. The van der Waals surface area contributed by atoms with E-state index >= 15 is 0 Å². The van der Waals surface area contributed by atoms with Crippen LogP contribution in [0.15, 0.2) is 18.2 Å². The Hall–Kier alpha value is -1.79. The molecule has 0 aliphatic carbocycles. The summed E-state index contributed by atoms with van der Waals surface area (Å²) in [5.41, 5.74) is 6.83. The molecule has 1 aromatic carbocycles. The molecule has 1 saturated heterocycles. The summed E-state index contributed by atoms with van der Waals surface area (Å²) in [5, 5.41) is 8.75. The van der Waals surface area contributed by atoms with Gasteiger partial charge in [-0.1, -0.05) is 12.1 Å². The standard InChI is InChI=1S/C15H21NO5/c1-19-15-11(12(16)5-6-14(17)18)3-2-4-13(15)21-10-7-8-20-9-10/h2-4,10,12H,5-9,16H2,1H3,(H,17,18). The van der Waals surface area contributed by atoms with Crippen molar-refractivity contribution in [3.8, 4) is 11.5 Å². The molecule has 0 aromatic heterocycles. The lowest BCUT2D eigenvalue weighted by atomic mass is 10.0. The van der Waals surface area contributed by atoms with Crippen molar-refractivity contribution in [2.24, 2.45) is 5.73 Å². The first-order chi connectivity index (χ1) is 10.1. The Bertz CT molecular complexity index is 485. The average Bonchev–Trinajstić information content (AvgIpc) is 2.97. The van der Waals surface area contributed by atoms with Crippen LogP contribution < -0.4 is 15.2 Å². The van der Waals surface area contributed by atoms with Crippen LogP contribution in [0, 0.1) is 0 Å². The number of rotatable bonds is 7. The molecule has 2 rings (SSSR count). The van der Waals surface area contributed by atoms with Gasteiger partial charge in [0.05, 0.1) is 20.3 Å². The minimum atomic E-state index is -0.861. The molecule has 1 aliphatic rings. The van der Waals surface area contributed by atoms with E-state index in [0.717, 1.165) is 12.0 Å². The van der Waals surface area contributed by atoms with Crippen molar-refractivity contribution in [2.45, 2.75) is 31.4 Å². The number of aliphatic carboxylic acids is 1. The Kier molecular flexibility index (Phi) is 5.41. The van der Waals surface area contributed by atoms with Gasteiger partial charge < -0.3 is 25.1 Å². The molecule has 0 radical (unpaired) electrons. The van der Waals surface area contributed by atoms with E-state index in [0.29, 0.717) is 31.1 Å². The lowest BCUT2D eigenvalue weighted by Gasteiger charge is -2.20. The number of hydrogen-bond acceptors (Lipinski definition) is 5. The van der Waals surface area contributed by atoms with Gasteiger partial charge in [0.15, 0.2) is 11.5 Å². The number of benzene rings is 1. The molecule has 1 aliphatic heterocycles. The monoisotopic (exact) mass is 295 g/mol. The highest BCUT2D eigenvalue weighted by molar-refractivity contribution is 5.66. The molecule has 6 heteroatoms. The number of nitrogens with two attached hydrogens (primary N) is 1. The van der Waals surface area contributed by atoms with Crippen molar-refractivity contribution in [3.63, 3.8) is 0 Å². The zero-order valence-corrected chi connectivity index (χ0v) is 12.1. The maximum Gasteiger partial charge on any atom is 0.303 e. The van der Waals surface area contributed by atoms with Crippen LogP contribution in [-0.4, -0.2) is 37.5 Å². The smallest absolute Gasteiger partial charge is 0.303 e. The molecule has 116 valence electrons. The van der Waals surface area contributed by atoms with E-state index in [1.165, 1.54) is 0 Å². The molecule has 3 N–H and O–H groups in total. The van der Waals surface area contributed by atoms with Crippen LogP contribution in [0.5, 0.6) is 11.5 Å². The summed E-state index contributed by atoms with van der Waals surface area (Å²) in [6, 6.07) is 5.09. The van der Waals surface area contributed by atoms with Crippen molar-refractivity contribution in [1.82, 2.24) is 0 Å². The van der Waals surface area contributed by atoms with E-state index in [-0.39, 0.29) is 12.5 Å². The summed E-state index contributed by atoms with van der Waals surface area (Å²) in [6.07, 6.45) is 1.23. The minimum Gasteiger partial charge on any atom is -0.493 e. The number of hydrogen-bond donors (Lipinski definition) is 2. The van der Waals surface area contributed by atoms with Gasteiger partial charge in [0.25, 0.3) is 0 Å². The van der Waals surface area contributed by atoms with Gasteiger partial charge in [0.2, 0.25) is 0 Å². The summed E-state index contributed by atoms with van der Waals surface area (Å²) < 4.78 is 16.6. The van der Waals surface area contributed by atoms with Crippen LogP contribution in [0.1, 0.15) is 30.9 Å². The van der Waals surface area contributed by atoms with Crippen LogP contribution in [0.3, 0.4) is 0 Å². The Morgan fingerprint density at radius 2 is 2.38 bits per heavy atom. The fourth-order valence-electron chi connectivity index (χ4n) is 2.36. The highest BCUT2D eigenvalue weighted by Gasteiger charge is 2.22. The molecule has 2 atom stereocenters. The summed E-state index contributed by atoms with van der Waals surface area (Å²) in [5.74, 6) is 0.332. The molecule has 2 unspecified atom stereocenters. The molecule has 21 heavy (non-hydrogen) atoms. The van der Waals surface area contributed by atoms with Crippen LogP contribution in [0.4, 0.5) is 0 Å². The molecule has 0 bridgehead atoms. The SMILES string of the molecule is COc1c(OC2CCOC2)cccc1C(N)CCC(=O)O. The highest BCUT2D eigenvalue weighted by atomic mass is 16.6. The van der Waals surface area contributed by atoms with Crippen LogP contribution >= 0.6 is 0 Å². The third-order valence-corrected chi connectivity index (χ3v) is 3.46. The Morgan fingerprint density at radius 3 is 3.00 bits per heavy atom. The fourth-order valence-corrected chi connectivity index (χ4v) is 2.36. The maximum absolute atomic E-state index is 10.7. The largest absolute Gasteiger partial charge is 0.493 e. The van der Waals surface area contributed by atoms with Gasteiger partial charge in [-0.2, -0.15) is 0 Å². The second kappa shape index (κ2) is 7.28. The first-order valence-corrected chi connectivity index (χ1v) is 7.00. The summed E-state index contributed by atoms with van der Waals surface area (Å²) >= 11 is 0. The molecule has 0 amide bonds. The van der Waals surface area contributed by atoms with Crippen molar-refractivity contribution in [1.29, 1.82) is 0 Å². The number of methoxy groups -OCH3 is 1. The zero-order chi connectivity index (χ0) is 15.2. The topological polar surface area (TPSA) is 91.0 Å². The van der Waals surface area contributed by atoms with E-state index in [4.69, 9.17) is 25.1 Å². The molecular weight excluding hydrogens is 274 g/mol. The molecular formula is C15H21NO5. The lowest BCUT2D eigenvalue weighted by Crippen LogP contribution is -2.18. The quantitative estimate of drug-likeness (QED) is 0.796. The predicted molar refractivity (Wildman–Crippen MR) is 76.6 cm³/mol. The van der Waals surface area contributed by atoms with Crippen molar-refractivity contribution < 1.29 is 24.1 Å². The zero-order valence-electron chi connectivity index (χ0n) is 12.1. The number of ether oxygens (including phenoxy) is 3. The number of carboxylic acid groups (broad SMARTS) is 1. The minimum absolute atomic E-state index is 0.0180. The predicted octanol–water partition coefficient (Wildman–Crippen LogP) is 1.73. The Labute approximate surface area is 123 Å². The van der Waals surface area contributed by atoms with E-state index in [2.05, 4.69) is 0 Å². The van der Waals surface area contributed by atoms with E-state index in [1.54, 1.807) is 7.11 Å². The van der Waals surface area contributed by atoms with Crippen LogP contribution in [0.2, 0.25) is 0 Å². The van der Waals surface area contributed by atoms with Gasteiger partial charge in [-0.25, -0.2) is 0 Å². The Morgan fingerprint density at radius 1 is 1.57 bits per heavy atom. The molecule has 6 nitrogen and oxygen atoms in total. The average molecular weight is 295 g/mol. The van der Waals surface area contributed by atoms with E-state index < -0.39 is 12.0 Å². The third kappa shape index (κ3) is 4.09. The first-order valence-electron chi connectivity index (χ1n) is 7.00. The lowest BCUT2D eigenvalue weighted by molar-refractivity contribution is -0.137. The summed E-state index contributed by atoms with van der Waals surface area (Å²) in [4.78, 5) is 10.7. The van der Waals surface area contributed by atoms with E-state index in [1.807, 2.05) is 18.2 Å². The van der Waals surface area contributed by atoms with Crippen molar-refractivity contribution in [2.75, 3.05) is 20.3 Å². The number of carbonyl (C=O) groups is 1. The van der Waals surface area contributed by atoms with Crippen molar-refractivity contribution in [3.05, 3.63) is 23.8 Å². The third-order valence-electron chi connectivity index (χ3n) is 3.46. The highest BCUT2D eigenvalue weighted by Crippen LogP contribution is 2.36. The van der Waals surface area contributed by atoms with Gasteiger partial charge in [-0.3, -0.25) is 4.79 Å². The molecule has 1 fully saturated rings. The maximum atomic E-state index is 10.7. The normalized spacial score (nSPS) is 19.2. The molecule has 0 spiro atoms. The van der Waals surface area contributed by atoms with Gasteiger partial charge in [-0.05, 0) is 12.5 Å². The molecule has 0 saturated carbocycles. The number of para-hydroxylation sites is 1. The van der Waals surface area contributed by atoms with Crippen molar-refractivity contribution >= 4 is 5.97 Å². The first kappa shape index (κ1) is 15.6. The number of carboxylic acids is 1. The van der Waals surface area contributed by atoms with Crippen LogP contribution in [0.25, 0.3) is 0 Å². The molecule has 1 heterocycles. The van der Waals surface area contributed by atoms with E-state index in [9.17, 15) is 4.79 Å². The van der Waals surface area contributed by atoms with Gasteiger partial charge >= 0.3 is 5.97 Å². The second-order valence-corrected chi connectivity index (χ2v) is 5.02. The second-order valence-electron chi connectivity index (χ2n) is 5.02. The summed E-state index contributed by atoms with van der Waals surface area (Å²) in [6.45, 7) is 1.27.